The first-order chi connectivity index (χ1) is 7.38. The second kappa shape index (κ2) is 4.34. The number of hydrogen-bond acceptors (Lipinski definition) is 5. The summed E-state index contributed by atoms with van der Waals surface area (Å²) in [7, 11) is 0. The third-order valence-electron chi connectivity index (χ3n) is 2.08. The largest absolute Gasteiger partial charge is 0.379 e. The van der Waals surface area contributed by atoms with E-state index in [1.165, 1.54) is 0 Å². The molecule has 0 spiro atoms. The fourth-order valence-electron chi connectivity index (χ4n) is 1.26. The molecule has 0 radical (unpaired) electrons. The summed E-state index contributed by atoms with van der Waals surface area (Å²) in [5, 5.41) is 6.88. The number of aromatic nitrogens is 2. The van der Waals surface area contributed by atoms with E-state index in [1.54, 1.807) is 11.0 Å². The van der Waals surface area contributed by atoms with Crippen molar-refractivity contribution < 1.29 is 9.42 Å². The van der Waals surface area contributed by atoms with Crippen LogP contribution < -0.4 is 5.73 Å². The molecule has 1 rings (SSSR count). The number of nitrogens with zero attached hydrogens (tertiary/aromatic N) is 3. The predicted molar refractivity (Wildman–Crippen MR) is 59.7 cm³/mol. The minimum Gasteiger partial charge on any atom is -0.379 e. The van der Waals surface area contributed by atoms with E-state index < -0.39 is 0 Å². The highest BCUT2D eigenvalue weighted by Gasteiger charge is 2.30. The van der Waals surface area contributed by atoms with Gasteiger partial charge in [-0.1, -0.05) is 6.08 Å². The van der Waals surface area contributed by atoms with Gasteiger partial charge in [0.1, 0.15) is 0 Å². The molecule has 0 saturated carbocycles. The van der Waals surface area contributed by atoms with Crippen LogP contribution in [0.3, 0.4) is 0 Å². The normalized spacial score (nSPS) is 11.2. The Labute approximate surface area is 94.1 Å². The number of anilines is 1. The Kier molecular flexibility index (Phi) is 3.31. The molecule has 0 bridgehead atoms. The zero-order chi connectivity index (χ0) is 12.3. The lowest BCUT2D eigenvalue weighted by Crippen LogP contribution is -2.46. The molecule has 0 saturated heterocycles. The maximum atomic E-state index is 12.1. The van der Waals surface area contributed by atoms with Crippen molar-refractivity contribution in [2.45, 2.75) is 26.3 Å². The number of nitrogen functional groups attached to an aromatic ring is 1. The van der Waals surface area contributed by atoms with E-state index in [4.69, 9.17) is 5.73 Å². The molecule has 2 N–H and O–H groups in total. The SMILES string of the molecule is C=CCN(C(=O)c1nonc1N)C(C)(C)C. The van der Waals surface area contributed by atoms with E-state index in [0.717, 1.165) is 0 Å². The first kappa shape index (κ1) is 12.2. The van der Waals surface area contributed by atoms with Gasteiger partial charge in [0.2, 0.25) is 11.5 Å². The van der Waals surface area contributed by atoms with E-state index >= 15 is 0 Å². The Morgan fingerprint density at radius 2 is 2.19 bits per heavy atom. The third-order valence-corrected chi connectivity index (χ3v) is 2.08. The highest BCUT2D eigenvalue weighted by Crippen LogP contribution is 2.18. The second-order valence-corrected chi connectivity index (χ2v) is 4.37. The maximum Gasteiger partial charge on any atom is 0.280 e. The highest BCUT2D eigenvalue weighted by molar-refractivity contribution is 5.96. The lowest BCUT2D eigenvalue weighted by atomic mass is 10.1. The molecule has 1 heterocycles. The fourth-order valence-corrected chi connectivity index (χ4v) is 1.26. The zero-order valence-corrected chi connectivity index (χ0v) is 9.73. The van der Waals surface area contributed by atoms with Gasteiger partial charge in [0.25, 0.3) is 5.91 Å². The lowest BCUT2D eigenvalue weighted by molar-refractivity contribution is 0.0606. The summed E-state index contributed by atoms with van der Waals surface area (Å²) in [5.41, 5.74) is 5.17. The molecule has 1 aromatic heterocycles. The average molecular weight is 224 g/mol. The van der Waals surface area contributed by atoms with Crippen LogP contribution in [0, 0.1) is 0 Å². The number of hydrogen-bond donors (Lipinski definition) is 1. The molecule has 88 valence electrons. The summed E-state index contributed by atoms with van der Waals surface area (Å²) in [5.74, 6) is -0.311. The quantitative estimate of drug-likeness (QED) is 0.776. The van der Waals surface area contributed by atoms with Crippen LogP contribution in [0.4, 0.5) is 5.82 Å². The molecule has 1 aromatic rings. The Hall–Kier alpha value is -1.85. The first-order valence-corrected chi connectivity index (χ1v) is 4.89. The number of carbonyl (C=O) groups is 1. The van der Waals surface area contributed by atoms with E-state index in [1.807, 2.05) is 20.8 Å². The van der Waals surface area contributed by atoms with Crippen LogP contribution in [0.1, 0.15) is 31.3 Å². The molecular formula is C10H16N4O2. The molecule has 0 aromatic carbocycles. The van der Waals surface area contributed by atoms with Crippen molar-refractivity contribution in [3.8, 4) is 0 Å². The lowest BCUT2D eigenvalue weighted by Gasteiger charge is -2.34. The molecule has 6 heteroatoms. The van der Waals surface area contributed by atoms with Crippen LogP contribution in [0.5, 0.6) is 0 Å². The van der Waals surface area contributed by atoms with Crippen LogP contribution in [-0.4, -0.2) is 33.2 Å². The molecule has 6 nitrogen and oxygen atoms in total. The molecule has 16 heavy (non-hydrogen) atoms. The topological polar surface area (TPSA) is 85.2 Å². The Balaban J connectivity index is 3.01. The molecule has 0 fully saturated rings. The van der Waals surface area contributed by atoms with Crippen LogP contribution in [0.15, 0.2) is 17.3 Å². The minimum absolute atomic E-state index is 0.00307. The number of carbonyl (C=O) groups excluding carboxylic acids is 1. The average Bonchev–Trinajstić information content (AvgIpc) is 2.58. The fraction of sp³-hybridized carbons (Fsp3) is 0.500. The van der Waals surface area contributed by atoms with Gasteiger partial charge in [0.15, 0.2) is 0 Å². The van der Waals surface area contributed by atoms with E-state index in [-0.39, 0.29) is 23.0 Å². The van der Waals surface area contributed by atoms with Crippen molar-refractivity contribution in [3.05, 3.63) is 18.3 Å². The van der Waals surface area contributed by atoms with Crippen molar-refractivity contribution in [1.29, 1.82) is 0 Å². The Morgan fingerprint density at radius 1 is 1.56 bits per heavy atom. The molecule has 1 amide bonds. The van der Waals surface area contributed by atoms with Gasteiger partial charge in [0, 0.05) is 12.1 Å². The van der Waals surface area contributed by atoms with E-state index in [0.29, 0.717) is 6.54 Å². The summed E-state index contributed by atoms with van der Waals surface area (Å²) in [6.45, 7) is 9.77. The van der Waals surface area contributed by atoms with Crippen molar-refractivity contribution in [2.24, 2.45) is 0 Å². The Bertz CT molecular complexity index is 392. The molecular weight excluding hydrogens is 208 g/mol. The predicted octanol–water partition coefficient (Wildman–Crippen LogP) is 1.08. The van der Waals surface area contributed by atoms with Crippen LogP contribution in [-0.2, 0) is 0 Å². The van der Waals surface area contributed by atoms with Gasteiger partial charge in [-0.3, -0.25) is 4.79 Å². The van der Waals surface area contributed by atoms with Crippen LogP contribution >= 0.6 is 0 Å². The van der Waals surface area contributed by atoms with Gasteiger partial charge in [0.05, 0.1) is 0 Å². The second-order valence-electron chi connectivity index (χ2n) is 4.37. The van der Waals surface area contributed by atoms with E-state index in [9.17, 15) is 4.79 Å². The van der Waals surface area contributed by atoms with Crippen molar-refractivity contribution in [3.63, 3.8) is 0 Å². The van der Waals surface area contributed by atoms with Crippen molar-refractivity contribution >= 4 is 11.7 Å². The number of rotatable bonds is 3. The number of nitrogens with two attached hydrogens (primary N) is 1. The summed E-state index contributed by atoms with van der Waals surface area (Å²) in [6, 6.07) is 0. The zero-order valence-electron chi connectivity index (χ0n) is 9.73. The molecule has 0 atom stereocenters. The van der Waals surface area contributed by atoms with Gasteiger partial charge in [-0.05, 0) is 31.1 Å². The van der Waals surface area contributed by atoms with E-state index in [2.05, 4.69) is 21.5 Å². The standard InChI is InChI=1S/C10H16N4O2/c1-5-6-14(10(2,3)4)9(15)7-8(11)13-16-12-7/h5H,1,6H2,2-4H3,(H2,11,13). The van der Waals surface area contributed by atoms with Crippen LogP contribution in [0.2, 0.25) is 0 Å². The number of amides is 1. The summed E-state index contributed by atoms with van der Waals surface area (Å²) >= 11 is 0. The van der Waals surface area contributed by atoms with Crippen LogP contribution in [0.25, 0.3) is 0 Å². The van der Waals surface area contributed by atoms with Gasteiger partial charge in [-0.25, -0.2) is 4.63 Å². The summed E-state index contributed by atoms with van der Waals surface area (Å²) in [6.07, 6.45) is 1.65. The Morgan fingerprint density at radius 3 is 2.56 bits per heavy atom. The first-order valence-electron chi connectivity index (χ1n) is 4.89. The van der Waals surface area contributed by atoms with Gasteiger partial charge in [-0.15, -0.1) is 6.58 Å². The summed E-state index contributed by atoms with van der Waals surface area (Å²) in [4.78, 5) is 13.7. The van der Waals surface area contributed by atoms with Crippen molar-refractivity contribution in [2.75, 3.05) is 12.3 Å². The van der Waals surface area contributed by atoms with Gasteiger partial charge in [-0.2, -0.15) is 0 Å². The molecule has 0 unspecified atom stereocenters. The van der Waals surface area contributed by atoms with Gasteiger partial charge >= 0.3 is 0 Å². The molecule has 0 aliphatic carbocycles. The molecule has 0 aliphatic rings. The monoisotopic (exact) mass is 224 g/mol. The third kappa shape index (κ3) is 2.39. The smallest absolute Gasteiger partial charge is 0.280 e. The molecule has 0 aliphatic heterocycles. The van der Waals surface area contributed by atoms with Crippen molar-refractivity contribution in [1.82, 2.24) is 15.2 Å². The van der Waals surface area contributed by atoms with Gasteiger partial charge < -0.3 is 10.6 Å². The highest BCUT2D eigenvalue weighted by atomic mass is 16.6. The maximum absolute atomic E-state index is 12.1. The minimum atomic E-state index is -0.351. The summed E-state index contributed by atoms with van der Waals surface area (Å²) < 4.78 is 4.41.